The van der Waals surface area contributed by atoms with Crippen molar-refractivity contribution in [1.29, 1.82) is 0 Å². The minimum atomic E-state index is 0.00792. The number of thioether (sulfide) groups is 1. The summed E-state index contributed by atoms with van der Waals surface area (Å²) in [6, 6.07) is 11.5. The van der Waals surface area contributed by atoms with Gasteiger partial charge in [0.1, 0.15) is 0 Å². The van der Waals surface area contributed by atoms with Crippen LogP contribution in [0.4, 0.5) is 5.69 Å². The lowest BCUT2D eigenvalue weighted by atomic mass is 10.2. The molecule has 0 atom stereocenters. The van der Waals surface area contributed by atoms with Crippen LogP contribution in [0.5, 0.6) is 0 Å². The highest BCUT2D eigenvalue weighted by Gasteiger charge is 2.15. The van der Waals surface area contributed by atoms with Gasteiger partial charge in [-0.2, -0.15) is 0 Å². The summed E-state index contributed by atoms with van der Waals surface area (Å²) in [5, 5.41) is 0. The minimum absolute atomic E-state index is 0.00792. The third-order valence-corrected chi connectivity index (χ3v) is 3.83. The van der Waals surface area contributed by atoms with Crippen molar-refractivity contribution in [3.63, 3.8) is 0 Å². The molecule has 20 heavy (non-hydrogen) atoms. The van der Waals surface area contributed by atoms with Crippen LogP contribution in [0.2, 0.25) is 0 Å². The molecule has 0 saturated carbocycles. The van der Waals surface area contributed by atoms with E-state index in [2.05, 4.69) is 11.9 Å². The first kappa shape index (κ1) is 14.6. The maximum Gasteiger partial charge on any atom is 0.258 e. The van der Waals surface area contributed by atoms with Crippen molar-refractivity contribution in [3.8, 4) is 0 Å². The first-order valence-electron chi connectivity index (χ1n) is 6.71. The summed E-state index contributed by atoms with van der Waals surface area (Å²) in [6.45, 7) is 4.70. The van der Waals surface area contributed by atoms with E-state index in [1.807, 2.05) is 43.3 Å². The van der Waals surface area contributed by atoms with E-state index in [4.69, 9.17) is 0 Å². The van der Waals surface area contributed by atoms with Gasteiger partial charge in [-0.05, 0) is 49.1 Å². The fourth-order valence-corrected chi connectivity index (χ4v) is 2.63. The second kappa shape index (κ2) is 7.10. The fraction of sp³-hybridized carbons (Fsp3) is 0.250. The number of anilines is 1. The Balaban J connectivity index is 2.20. The Morgan fingerprint density at radius 1 is 1.20 bits per heavy atom. The second-order valence-corrected chi connectivity index (χ2v) is 5.56. The van der Waals surface area contributed by atoms with Crippen molar-refractivity contribution < 1.29 is 4.79 Å². The molecular weight excluding hydrogens is 268 g/mol. The number of aromatic nitrogens is 1. The largest absolute Gasteiger partial charge is 0.307 e. The molecule has 2 rings (SSSR count). The second-order valence-electron chi connectivity index (χ2n) is 4.22. The number of carbonyl (C=O) groups is 1. The predicted molar refractivity (Wildman–Crippen MR) is 84.4 cm³/mol. The predicted octanol–water partition coefficient (Wildman–Crippen LogP) is 3.86. The van der Waals surface area contributed by atoms with Gasteiger partial charge < -0.3 is 4.90 Å². The number of carbonyl (C=O) groups excluding carboxylic acids is 1. The Bertz CT molecular complexity index is 554. The van der Waals surface area contributed by atoms with Crippen LogP contribution < -0.4 is 4.90 Å². The van der Waals surface area contributed by atoms with E-state index in [1.165, 1.54) is 4.90 Å². The first-order chi connectivity index (χ1) is 9.76. The van der Waals surface area contributed by atoms with E-state index in [0.717, 1.165) is 11.4 Å². The maximum absolute atomic E-state index is 12.5. The summed E-state index contributed by atoms with van der Waals surface area (Å²) in [7, 11) is 0. The molecule has 0 aliphatic rings. The molecule has 104 valence electrons. The highest BCUT2D eigenvalue weighted by molar-refractivity contribution is 7.99. The van der Waals surface area contributed by atoms with Crippen molar-refractivity contribution in [2.75, 3.05) is 17.2 Å². The highest BCUT2D eigenvalue weighted by Crippen LogP contribution is 2.20. The molecule has 0 aliphatic heterocycles. The lowest BCUT2D eigenvalue weighted by Crippen LogP contribution is -2.30. The third kappa shape index (κ3) is 3.39. The van der Waals surface area contributed by atoms with Crippen LogP contribution in [-0.2, 0) is 0 Å². The lowest BCUT2D eigenvalue weighted by molar-refractivity contribution is 0.0988. The average Bonchev–Trinajstić information content (AvgIpc) is 2.50. The van der Waals surface area contributed by atoms with Crippen molar-refractivity contribution in [2.45, 2.75) is 18.7 Å². The summed E-state index contributed by atoms with van der Waals surface area (Å²) in [6.07, 6.45) is 3.42. The Labute approximate surface area is 124 Å². The van der Waals surface area contributed by atoms with Gasteiger partial charge in [0.05, 0.1) is 11.9 Å². The van der Waals surface area contributed by atoms with Gasteiger partial charge in [0.25, 0.3) is 5.91 Å². The molecule has 0 aliphatic carbocycles. The van der Waals surface area contributed by atoms with Crippen LogP contribution in [0, 0.1) is 0 Å². The standard InChI is InChI=1S/C16H18N2OS/c1-3-18(14-6-5-11-17-12-14)16(19)13-7-9-15(10-8-13)20-4-2/h5-12H,3-4H2,1-2H3. The average molecular weight is 286 g/mol. The maximum atomic E-state index is 12.5. The molecule has 0 spiro atoms. The van der Waals surface area contributed by atoms with Crippen LogP contribution in [0.3, 0.4) is 0 Å². The minimum Gasteiger partial charge on any atom is -0.307 e. The zero-order valence-corrected chi connectivity index (χ0v) is 12.6. The molecule has 1 amide bonds. The fourth-order valence-electron chi connectivity index (χ4n) is 1.97. The summed E-state index contributed by atoms with van der Waals surface area (Å²) >= 11 is 1.77. The summed E-state index contributed by atoms with van der Waals surface area (Å²) in [4.78, 5) is 19.5. The van der Waals surface area contributed by atoms with E-state index in [-0.39, 0.29) is 5.91 Å². The Hall–Kier alpha value is -1.81. The van der Waals surface area contributed by atoms with Gasteiger partial charge in [-0.25, -0.2) is 0 Å². The summed E-state index contributed by atoms with van der Waals surface area (Å²) in [5.41, 5.74) is 1.53. The number of hydrogen-bond donors (Lipinski definition) is 0. The smallest absolute Gasteiger partial charge is 0.258 e. The summed E-state index contributed by atoms with van der Waals surface area (Å²) < 4.78 is 0. The molecule has 1 heterocycles. The van der Waals surface area contributed by atoms with Crippen molar-refractivity contribution in [2.24, 2.45) is 0 Å². The van der Waals surface area contributed by atoms with Gasteiger partial charge in [0, 0.05) is 23.2 Å². The molecule has 0 radical (unpaired) electrons. The zero-order chi connectivity index (χ0) is 14.4. The molecule has 0 saturated heterocycles. The number of nitrogens with zero attached hydrogens (tertiary/aromatic N) is 2. The van der Waals surface area contributed by atoms with Crippen molar-refractivity contribution >= 4 is 23.4 Å². The molecule has 0 bridgehead atoms. The van der Waals surface area contributed by atoms with Crippen molar-refractivity contribution in [3.05, 3.63) is 54.4 Å². The Kier molecular flexibility index (Phi) is 5.18. The monoisotopic (exact) mass is 286 g/mol. The Morgan fingerprint density at radius 3 is 2.50 bits per heavy atom. The van der Waals surface area contributed by atoms with E-state index in [0.29, 0.717) is 12.1 Å². The van der Waals surface area contributed by atoms with Crippen LogP contribution in [0.25, 0.3) is 0 Å². The molecule has 1 aromatic carbocycles. The Morgan fingerprint density at radius 2 is 1.95 bits per heavy atom. The normalized spacial score (nSPS) is 10.3. The quantitative estimate of drug-likeness (QED) is 0.783. The van der Waals surface area contributed by atoms with Crippen LogP contribution in [0.15, 0.2) is 53.7 Å². The molecule has 3 nitrogen and oxygen atoms in total. The number of amides is 1. The van der Waals surface area contributed by atoms with E-state index in [9.17, 15) is 4.79 Å². The van der Waals surface area contributed by atoms with Crippen LogP contribution in [0.1, 0.15) is 24.2 Å². The van der Waals surface area contributed by atoms with Crippen LogP contribution >= 0.6 is 11.8 Å². The van der Waals surface area contributed by atoms with Gasteiger partial charge in [-0.1, -0.05) is 6.92 Å². The van der Waals surface area contributed by atoms with Gasteiger partial charge >= 0.3 is 0 Å². The van der Waals surface area contributed by atoms with Gasteiger partial charge in [0.15, 0.2) is 0 Å². The van der Waals surface area contributed by atoms with E-state index < -0.39 is 0 Å². The SMILES string of the molecule is CCSc1ccc(C(=O)N(CC)c2cccnc2)cc1. The molecular formula is C16H18N2OS. The van der Waals surface area contributed by atoms with Gasteiger partial charge in [-0.3, -0.25) is 9.78 Å². The number of pyridine rings is 1. The first-order valence-corrected chi connectivity index (χ1v) is 7.69. The zero-order valence-electron chi connectivity index (χ0n) is 11.7. The third-order valence-electron chi connectivity index (χ3n) is 2.93. The number of hydrogen-bond acceptors (Lipinski definition) is 3. The van der Waals surface area contributed by atoms with Gasteiger partial charge in [0.2, 0.25) is 0 Å². The van der Waals surface area contributed by atoms with Gasteiger partial charge in [-0.15, -0.1) is 11.8 Å². The molecule has 1 aromatic heterocycles. The summed E-state index contributed by atoms with van der Waals surface area (Å²) in [5.74, 6) is 1.04. The lowest BCUT2D eigenvalue weighted by Gasteiger charge is -2.20. The molecule has 0 unspecified atom stereocenters. The molecule has 0 fully saturated rings. The number of rotatable bonds is 5. The number of benzene rings is 1. The van der Waals surface area contributed by atoms with E-state index >= 15 is 0 Å². The topological polar surface area (TPSA) is 33.2 Å². The molecule has 4 heteroatoms. The molecule has 2 aromatic rings. The molecule has 0 N–H and O–H groups in total. The van der Waals surface area contributed by atoms with Crippen molar-refractivity contribution in [1.82, 2.24) is 4.98 Å². The van der Waals surface area contributed by atoms with E-state index in [1.54, 1.807) is 29.1 Å². The van der Waals surface area contributed by atoms with Crippen LogP contribution in [-0.4, -0.2) is 23.2 Å². The highest BCUT2D eigenvalue weighted by atomic mass is 32.2.